The molecule has 1 aromatic rings. The van der Waals surface area contributed by atoms with Crippen LogP contribution in [-0.2, 0) is 11.2 Å². The van der Waals surface area contributed by atoms with Crippen molar-refractivity contribution in [2.75, 3.05) is 0 Å². The Kier molecular flexibility index (Phi) is 4.83. The third-order valence-electron chi connectivity index (χ3n) is 3.72. The lowest BCUT2D eigenvalue weighted by Crippen LogP contribution is -2.41. The number of benzene rings is 1. The Bertz CT molecular complexity index is 407. The molecule has 1 aliphatic carbocycles. The molecule has 0 unspecified atom stereocenters. The van der Waals surface area contributed by atoms with Gasteiger partial charge >= 0.3 is 0 Å². The van der Waals surface area contributed by atoms with E-state index < -0.39 is 6.10 Å². The molecule has 3 nitrogen and oxygen atoms in total. The van der Waals surface area contributed by atoms with Gasteiger partial charge in [0.25, 0.3) is 5.91 Å². The van der Waals surface area contributed by atoms with Crippen LogP contribution in [0.5, 0.6) is 5.75 Å². The fourth-order valence-electron chi connectivity index (χ4n) is 2.45. The molecule has 0 aromatic heterocycles. The topological polar surface area (TPSA) is 38.3 Å². The van der Waals surface area contributed by atoms with Gasteiger partial charge in [0.1, 0.15) is 5.75 Å². The zero-order chi connectivity index (χ0) is 13.7. The zero-order valence-corrected chi connectivity index (χ0v) is 11.8. The smallest absolute Gasteiger partial charge is 0.260 e. The monoisotopic (exact) mass is 261 g/mol. The first-order chi connectivity index (χ1) is 9.19. The third-order valence-corrected chi connectivity index (χ3v) is 3.72. The van der Waals surface area contributed by atoms with E-state index in [0.29, 0.717) is 6.04 Å². The Hall–Kier alpha value is -1.51. The molecule has 0 spiro atoms. The lowest BCUT2D eigenvalue weighted by atomic mass is 10.2. The fraction of sp³-hybridized carbons (Fsp3) is 0.562. The molecule has 3 heteroatoms. The van der Waals surface area contributed by atoms with Gasteiger partial charge in [-0.25, -0.2) is 0 Å². The van der Waals surface area contributed by atoms with Gasteiger partial charge in [-0.1, -0.05) is 31.9 Å². The Morgan fingerprint density at radius 3 is 2.53 bits per heavy atom. The molecule has 1 N–H and O–H groups in total. The number of nitrogens with one attached hydrogen (secondary N) is 1. The fourth-order valence-corrected chi connectivity index (χ4v) is 2.45. The van der Waals surface area contributed by atoms with Crippen LogP contribution in [0.3, 0.4) is 0 Å². The first-order valence-corrected chi connectivity index (χ1v) is 7.25. The van der Waals surface area contributed by atoms with Gasteiger partial charge in [0, 0.05) is 6.04 Å². The van der Waals surface area contributed by atoms with Crippen molar-refractivity contribution in [3.8, 4) is 5.75 Å². The number of carbonyl (C=O) groups is 1. The van der Waals surface area contributed by atoms with E-state index in [4.69, 9.17) is 4.74 Å². The third kappa shape index (κ3) is 3.98. The zero-order valence-electron chi connectivity index (χ0n) is 11.8. The van der Waals surface area contributed by atoms with Gasteiger partial charge in [-0.15, -0.1) is 0 Å². The van der Waals surface area contributed by atoms with Gasteiger partial charge in [0.15, 0.2) is 6.10 Å². The molecule has 1 atom stereocenters. The predicted molar refractivity (Wildman–Crippen MR) is 76.3 cm³/mol. The van der Waals surface area contributed by atoms with Crippen LogP contribution in [0, 0.1) is 0 Å². The summed E-state index contributed by atoms with van der Waals surface area (Å²) < 4.78 is 5.67. The number of amides is 1. The van der Waals surface area contributed by atoms with Crippen LogP contribution < -0.4 is 10.1 Å². The Morgan fingerprint density at radius 1 is 1.32 bits per heavy atom. The first kappa shape index (κ1) is 13.9. The van der Waals surface area contributed by atoms with Crippen LogP contribution in [0.15, 0.2) is 24.3 Å². The van der Waals surface area contributed by atoms with Crippen molar-refractivity contribution in [2.24, 2.45) is 0 Å². The van der Waals surface area contributed by atoms with Gasteiger partial charge < -0.3 is 10.1 Å². The summed E-state index contributed by atoms with van der Waals surface area (Å²) in [4.78, 5) is 12.0. The van der Waals surface area contributed by atoms with E-state index in [0.717, 1.165) is 25.0 Å². The molecular formula is C16H23NO2. The summed E-state index contributed by atoms with van der Waals surface area (Å²) in [6.07, 6.45) is 5.22. The number of aryl methyl sites for hydroxylation is 1. The minimum Gasteiger partial charge on any atom is -0.481 e. The second kappa shape index (κ2) is 6.60. The van der Waals surface area contributed by atoms with E-state index in [1.807, 2.05) is 24.3 Å². The minimum absolute atomic E-state index is 0.00790. The maximum Gasteiger partial charge on any atom is 0.260 e. The second-order valence-corrected chi connectivity index (χ2v) is 5.25. The van der Waals surface area contributed by atoms with Crippen molar-refractivity contribution >= 4 is 5.91 Å². The highest BCUT2D eigenvalue weighted by atomic mass is 16.5. The van der Waals surface area contributed by atoms with Crippen LogP contribution >= 0.6 is 0 Å². The SMILES string of the molecule is CCc1ccc(O[C@H](C)C(=O)NC2CCCC2)cc1. The number of ether oxygens (including phenoxy) is 1. The first-order valence-electron chi connectivity index (χ1n) is 7.25. The summed E-state index contributed by atoms with van der Waals surface area (Å²) in [7, 11) is 0. The van der Waals surface area contributed by atoms with Crippen molar-refractivity contribution in [3.63, 3.8) is 0 Å². The molecule has 1 aromatic carbocycles. The summed E-state index contributed by atoms with van der Waals surface area (Å²) in [5.74, 6) is 0.748. The molecule has 0 saturated heterocycles. The summed E-state index contributed by atoms with van der Waals surface area (Å²) in [6.45, 7) is 3.92. The minimum atomic E-state index is -0.437. The van der Waals surface area contributed by atoms with E-state index in [1.54, 1.807) is 6.92 Å². The molecule has 0 bridgehead atoms. The van der Waals surface area contributed by atoms with Crippen molar-refractivity contribution in [2.45, 2.75) is 58.1 Å². The number of carbonyl (C=O) groups excluding carboxylic acids is 1. The average Bonchev–Trinajstić information content (AvgIpc) is 2.92. The predicted octanol–water partition coefficient (Wildman–Crippen LogP) is 3.08. The molecule has 1 aliphatic rings. The Morgan fingerprint density at radius 2 is 1.95 bits per heavy atom. The molecule has 1 amide bonds. The van der Waals surface area contributed by atoms with Crippen molar-refractivity contribution < 1.29 is 9.53 Å². The second-order valence-electron chi connectivity index (χ2n) is 5.25. The van der Waals surface area contributed by atoms with E-state index in [1.165, 1.54) is 18.4 Å². The lowest BCUT2D eigenvalue weighted by Gasteiger charge is -2.18. The molecule has 19 heavy (non-hydrogen) atoms. The van der Waals surface area contributed by atoms with Crippen LogP contribution in [0.2, 0.25) is 0 Å². The maximum atomic E-state index is 12.0. The van der Waals surface area contributed by atoms with Crippen LogP contribution in [-0.4, -0.2) is 18.1 Å². The van der Waals surface area contributed by atoms with Gasteiger partial charge in [-0.3, -0.25) is 4.79 Å². The van der Waals surface area contributed by atoms with Crippen molar-refractivity contribution in [3.05, 3.63) is 29.8 Å². The van der Waals surface area contributed by atoms with E-state index in [9.17, 15) is 4.79 Å². The number of rotatable bonds is 5. The van der Waals surface area contributed by atoms with Crippen LogP contribution in [0.25, 0.3) is 0 Å². The van der Waals surface area contributed by atoms with E-state index in [2.05, 4.69) is 12.2 Å². The molecule has 0 heterocycles. The molecule has 0 aliphatic heterocycles. The molecule has 1 fully saturated rings. The Balaban J connectivity index is 1.84. The van der Waals surface area contributed by atoms with Gasteiger partial charge in [-0.2, -0.15) is 0 Å². The maximum absolute atomic E-state index is 12.0. The highest BCUT2D eigenvalue weighted by Gasteiger charge is 2.21. The van der Waals surface area contributed by atoms with Crippen molar-refractivity contribution in [1.82, 2.24) is 5.32 Å². The average molecular weight is 261 g/mol. The van der Waals surface area contributed by atoms with Crippen LogP contribution in [0.1, 0.15) is 45.1 Å². The van der Waals surface area contributed by atoms with Gasteiger partial charge in [0.2, 0.25) is 0 Å². The molecule has 0 radical (unpaired) electrons. The molecule has 1 saturated carbocycles. The standard InChI is InChI=1S/C16H23NO2/c1-3-13-8-10-15(11-9-13)19-12(2)16(18)17-14-6-4-5-7-14/h8-12,14H,3-7H2,1-2H3,(H,17,18)/t12-/m1/s1. The van der Waals surface area contributed by atoms with Gasteiger partial charge in [-0.05, 0) is 43.9 Å². The highest BCUT2D eigenvalue weighted by Crippen LogP contribution is 2.18. The molecule has 104 valence electrons. The summed E-state index contributed by atoms with van der Waals surface area (Å²) in [5, 5.41) is 3.06. The van der Waals surface area contributed by atoms with Gasteiger partial charge in [0.05, 0.1) is 0 Å². The number of hydrogen-bond acceptors (Lipinski definition) is 2. The van der Waals surface area contributed by atoms with E-state index in [-0.39, 0.29) is 5.91 Å². The lowest BCUT2D eigenvalue weighted by molar-refractivity contribution is -0.127. The number of hydrogen-bond donors (Lipinski definition) is 1. The van der Waals surface area contributed by atoms with Crippen LogP contribution in [0.4, 0.5) is 0 Å². The molecule has 2 rings (SSSR count). The normalized spacial score (nSPS) is 17.2. The van der Waals surface area contributed by atoms with Crippen molar-refractivity contribution in [1.29, 1.82) is 0 Å². The summed E-state index contributed by atoms with van der Waals surface area (Å²) in [5.41, 5.74) is 1.27. The summed E-state index contributed by atoms with van der Waals surface area (Å²) >= 11 is 0. The summed E-state index contributed by atoms with van der Waals surface area (Å²) in [6, 6.07) is 8.28. The largest absolute Gasteiger partial charge is 0.481 e. The Labute approximate surface area is 115 Å². The highest BCUT2D eigenvalue weighted by molar-refractivity contribution is 5.81. The van der Waals surface area contributed by atoms with E-state index >= 15 is 0 Å². The quantitative estimate of drug-likeness (QED) is 0.884. The molecular weight excluding hydrogens is 238 g/mol.